The summed E-state index contributed by atoms with van der Waals surface area (Å²) in [7, 11) is -3.64. The molecule has 0 aromatic heterocycles. The number of carboxylic acids is 1. The number of sulfonamides is 1. The maximum Gasteiger partial charge on any atom is 0.335 e. The predicted octanol–water partition coefficient (Wildman–Crippen LogP) is 2.56. The lowest BCUT2D eigenvalue weighted by molar-refractivity contribution is 0.0696. The number of aryl methyl sites for hydroxylation is 2. The molecule has 1 N–H and O–H groups in total. The van der Waals surface area contributed by atoms with Gasteiger partial charge < -0.3 is 5.11 Å². The van der Waals surface area contributed by atoms with Crippen molar-refractivity contribution in [3.63, 3.8) is 0 Å². The number of piperidine rings is 1. The molecule has 1 aliphatic heterocycles. The van der Waals surface area contributed by atoms with Gasteiger partial charge in [-0.05, 0) is 50.8 Å². The second-order valence-electron chi connectivity index (χ2n) is 5.70. The standard InChI is InChI=1S/C15H21NO4S/c1-10-8-11(2)14(9-13(10)15(17)18)21(19,20)16-7-5-4-6-12(16)3/h8-9,12H,4-7H2,1-3H3,(H,17,18). The summed E-state index contributed by atoms with van der Waals surface area (Å²) >= 11 is 0. The lowest BCUT2D eigenvalue weighted by Gasteiger charge is -2.32. The van der Waals surface area contributed by atoms with Crippen LogP contribution in [0.4, 0.5) is 0 Å². The van der Waals surface area contributed by atoms with Crippen molar-refractivity contribution in [1.29, 1.82) is 0 Å². The molecule has 0 spiro atoms. The van der Waals surface area contributed by atoms with E-state index in [-0.39, 0.29) is 16.5 Å². The largest absolute Gasteiger partial charge is 0.478 e. The van der Waals surface area contributed by atoms with E-state index in [1.807, 2.05) is 6.92 Å². The molecule has 0 bridgehead atoms. The molecule has 1 saturated heterocycles. The van der Waals surface area contributed by atoms with Crippen molar-refractivity contribution in [1.82, 2.24) is 4.31 Å². The van der Waals surface area contributed by atoms with E-state index >= 15 is 0 Å². The van der Waals surface area contributed by atoms with E-state index in [9.17, 15) is 18.3 Å². The van der Waals surface area contributed by atoms with Crippen LogP contribution >= 0.6 is 0 Å². The Bertz CT molecular complexity index is 666. The molecule has 6 heteroatoms. The Morgan fingerprint density at radius 2 is 1.90 bits per heavy atom. The molecule has 1 heterocycles. The van der Waals surface area contributed by atoms with Crippen LogP contribution in [0.5, 0.6) is 0 Å². The molecule has 0 saturated carbocycles. The van der Waals surface area contributed by atoms with Gasteiger partial charge in [-0.25, -0.2) is 13.2 Å². The van der Waals surface area contributed by atoms with Gasteiger partial charge in [-0.2, -0.15) is 4.31 Å². The Morgan fingerprint density at radius 3 is 2.48 bits per heavy atom. The summed E-state index contributed by atoms with van der Waals surface area (Å²) in [6, 6.07) is 2.88. The average Bonchev–Trinajstić information content (AvgIpc) is 2.38. The zero-order valence-corrected chi connectivity index (χ0v) is 13.4. The van der Waals surface area contributed by atoms with Crippen molar-refractivity contribution < 1.29 is 18.3 Å². The minimum absolute atomic E-state index is 0.0438. The van der Waals surface area contributed by atoms with Gasteiger partial charge in [-0.15, -0.1) is 0 Å². The molecular weight excluding hydrogens is 290 g/mol. The third kappa shape index (κ3) is 2.96. The second-order valence-corrected chi connectivity index (χ2v) is 7.56. The number of nitrogens with zero attached hydrogens (tertiary/aromatic N) is 1. The number of benzene rings is 1. The van der Waals surface area contributed by atoms with Crippen LogP contribution in [0.1, 0.15) is 47.7 Å². The summed E-state index contributed by atoms with van der Waals surface area (Å²) in [4.78, 5) is 11.4. The summed E-state index contributed by atoms with van der Waals surface area (Å²) < 4.78 is 27.2. The van der Waals surface area contributed by atoms with E-state index in [2.05, 4.69) is 0 Å². The highest BCUT2D eigenvalue weighted by atomic mass is 32.2. The van der Waals surface area contributed by atoms with E-state index in [0.29, 0.717) is 17.7 Å². The van der Waals surface area contributed by atoms with Gasteiger partial charge in [0, 0.05) is 12.6 Å². The highest BCUT2D eigenvalue weighted by Crippen LogP contribution is 2.28. The maximum atomic E-state index is 12.8. The van der Waals surface area contributed by atoms with Crippen molar-refractivity contribution in [3.8, 4) is 0 Å². The van der Waals surface area contributed by atoms with Crippen LogP contribution in [0.2, 0.25) is 0 Å². The zero-order chi connectivity index (χ0) is 15.8. The predicted molar refractivity (Wildman–Crippen MR) is 80.1 cm³/mol. The molecule has 1 unspecified atom stereocenters. The number of hydrogen-bond acceptors (Lipinski definition) is 3. The topological polar surface area (TPSA) is 74.7 Å². The van der Waals surface area contributed by atoms with Crippen molar-refractivity contribution in [2.45, 2.75) is 51.0 Å². The van der Waals surface area contributed by atoms with E-state index in [1.54, 1.807) is 19.9 Å². The Labute approximate surface area is 125 Å². The Morgan fingerprint density at radius 1 is 1.24 bits per heavy atom. The molecule has 1 atom stereocenters. The van der Waals surface area contributed by atoms with Crippen molar-refractivity contribution in [2.24, 2.45) is 0 Å². The van der Waals surface area contributed by atoms with Gasteiger partial charge in [-0.3, -0.25) is 0 Å². The first-order valence-corrected chi connectivity index (χ1v) is 8.55. The SMILES string of the molecule is Cc1cc(C)c(S(=O)(=O)N2CCCCC2C)cc1C(=O)O. The van der Waals surface area contributed by atoms with E-state index in [0.717, 1.165) is 19.3 Å². The lowest BCUT2D eigenvalue weighted by Crippen LogP contribution is -2.42. The van der Waals surface area contributed by atoms with Crippen LogP contribution in [0.15, 0.2) is 17.0 Å². The molecule has 2 rings (SSSR count). The zero-order valence-electron chi connectivity index (χ0n) is 12.6. The van der Waals surface area contributed by atoms with E-state index < -0.39 is 16.0 Å². The molecule has 1 aromatic carbocycles. The van der Waals surface area contributed by atoms with E-state index in [4.69, 9.17) is 0 Å². The van der Waals surface area contributed by atoms with Crippen molar-refractivity contribution >= 4 is 16.0 Å². The average molecular weight is 311 g/mol. The summed E-state index contributed by atoms with van der Waals surface area (Å²) in [5.41, 5.74) is 1.21. The van der Waals surface area contributed by atoms with Gasteiger partial charge in [0.05, 0.1) is 10.5 Å². The summed E-state index contributed by atoms with van der Waals surface area (Å²) in [5.74, 6) is -1.10. The molecular formula is C15H21NO4S. The van der Waals surface area contributed by atoms with Gasteiger partial charge in [0.25, 0.3) is 0 Å². The first-order chi connectivity index (χ1) is 9.75. The fourth-order valence-electron chi connectivity index (χ4n) is 2.90. The molecule has 0 radical (unpaired) electrons. The van der Waals surface area contributed by atoms with Crippen LogP contribution in [0, 0.1) is 13.8 Å². The van der Waals surface area contributed by atoms with Crippen LogP contribution in [0.3, 0.4) is 0 Å². The normalized spacial score (nSPS) is 20.4. The van der Waals surface area contributed by atoms with Crippen LogP contribution in [-0.2, 0) is 10.0 Å². The number of carboxylic acid groups (broad SMARTS) is 1. The second kappa shape index (κ2) is 5.77. The van der Waals surface area contributed by atoms with Crippen LogP contribution in [0.25, 0.3) is 0 Å². The molecule has 5 nitrogen and oxygen atoms in total. The van der Waals surface area contributed by atoms with Crippen LogP contribution < -0.4 is 0 Å². The number of hydrogen-bond donors (Lipinski definition) is 1. The summed E-state index contributed by atoms with van der Waals surface area (Å²) in [5, 5.41) is 9.20. The van der Waals surface area contributed by atoms with Crippen molar-refractivity contribution in [3.05, 3.63) is 28.8 Å². The molecule has 21 heavy (non-hydrogen) atoms. The molecule has 1 aliphatic rings. The Hall–Kier alpha value is -1.40. The fourth-order valence-corrected chi connectivity index (χ4v) is 4.83. The quantitative estimate of drug-likeness (QED) is 0.931. The van der Waals surface area contributed by atoms with Gasteiger partial charge in [0.15, 0.2) is 0 Å². The Balaban J connectivity index is 2.54. The summed E-state index contributed by atoms with van der Waals surface area (Å²) in [6.45, 7) is 5.79. The third-order valence-electron chi connectivity index (χ3n) is 4.08. The van der Waals surface area contributed by atoms with Gasteiger partial charge in [0.1, 0.15) is 0 Å². The minimum Gasteiger partial charge on any atom is -0.478 e. The van der Waals surface area contributed by atoms with Crippen LogP contribution in [-0.4, -0.2) is 36.4 Å². The van der Waals surface area contributed by atoms with Crippen molar-refractivity contribution in [2.75, 3.05) is 6.54 Å². The van der Waals surface area contributed by atoms with Gasteiger partial charge in [0.2, 0.25) is 10.0 Å². The molecule has 1 fully saturated rings. The fraction of sp³-hybridized carbons (Fsp3) is 0.533. The Kier molecular flexibility index (Phi) is 4.39. The molecule has 1 aromatic rings. The highest BCUT2D eigenvalue weighted by molar-refractivity contribution is 7.89. The lowest BCUT2D eigenvalue weighted by atomic mass is 10.1. The molecule has 116 valence electrons. The number of carbonyl (C=O) groups is 1. The van der Waals surface area contributed by atoms with E-state index in [1.165, 1.54) is 10.4 Å². The van der Waals surface area contributed by atoms with Gasteiger partial charge >= 0.3 is 5.97 Å². The first kappa shape index (κ1) is 16.0. The third-order valence-corrected chi connectivity index (χ3v) is 6.24. The molecule has 0 aliphatic carbocycles. The minimum atomic E-state index is -3.64. The number of aromatic carboxylic acids is 1. The van der Waals surface area contributed by atoms with Gasteiger partial charge in [-0.1, -0.05) is 12.5 Å². The number of rotatable bonds is 3. The smallest absolute Gasteiger partial charge is 0.335 e. The summed E-state index contributed by atoms with van der Waals surface area (Å²) in [6.07, 6.45) is 2.72. The highest BCUT2D eigenvalue weighted by Gasteiger charge is 2.32. The maximum absolute atomic E-state index is 12.8. The monoisotopic (exact) mass is 311 g/mol. The molecule has 0 amide bonds. The first-order valence-electron chi connectivity index (χ1n) is 7.11.